The van der Waals surface area contributed by atoms with Crippen LogP contribution in [0.1, 0.15) is 5.56 Å². The molecule has 3 rings (SSSR count). The van der Waals surface area contributed by atoms with Crippen molar-refractivity contribution in [2.45, 2.75) is 6.10 Å². The number of hydrogen-bond donors (Lipinski definition) is 1. The standard InChI is InChI=1S/C16H13BrN2O3/c17-12-7-5-11(6-8-12)9-18-19-16(20)15-10-21-13-3-1-2-4-14(13)22-15/h1-9,15H,10H2,(H,19,20)/b18-9-/t15-/m0/s1. The van der Waals surface area contributed by atoms with Crippen LogP contribution in [0.4, 0.5) is 0 Å². The molecule has 0 unspecified atom stereocenters. The van der Waals surface area contributed by atoms with E-state index in [9.17, 15) is 4.79 Å². The fourth-order valence-electron chi connectivity index (χ4n) is 1.94. The molecule has 1 heterocycles. The van der Waals surface area contributed by atoms with Gasteiger partial charge in [0, 0.05) is 4.47 Å². The number of para-hydroxylation sites is 2. The van der Waals surface area contributed by atoms with Crippen molar-refractivity contribution in [3.63, 3.8) is 0 Å². The highest BCUT2D eigenvalue weighted by molar-refractivity contribution is 9.10. The highest BCUT2D eigenvalue weighted by Crippen LogP contribution is 2.30. The molecule has 0 fully saturated rings. The van der Waals surface area contributed by atoms with Crippen LogP contribution in [0.5, 0.6) is 11.5 Å². The first-order valence-corrected chi connectivity index (χ1v) is 7.48. The van der Waals surface area contributed by atoms with Crippen LogP contribution >= 0.6 is 15.9 Å². The first kappa shape index (κ1) is 14.6. The van der Waals surface area contributed by atoms with E-state index in [4.69, 9.17) is 9.47 Å². The van der Waals surface area contributed by atoms with Crippen LogP contribution in [0.15, 0.2) is 58.1 Å². The fraction of sp³-hybridized carbons (Fsp3) is 0.125. The van der Waals surface area contributed by atoms with Gasteiger partial charge in [0.1, 0.15) is 6.61 Å². The first-order chi connectivity index (χ1) is 10.7. The summed E-state index contributed by atoms with van der Waals surface area (Å²) >= 11 is 3.36. The third-order valence-electron chi connectivity index (χ3n) is 3.06. The summed E-state index contributed by atoms with van der Waals surface area (Å²) in [5.41, 5.74) is 3.34. The molecular formula is C16H13BrN2O3. The molecular weight excluding hydrogens is 348 g/mol. The quantitative estimate of drug-likeness (QED) is 0.676. The molecule has 112 valence electrons. The van der Waals surface area contributed by atoms with Crippen molar-refractivity contribution in [1.82, 2.24) is 5.43 Å². The molecule has 0 spiro atoms. The molecule has 1 aliphatic rings. The minimum Gasteiger partial charge on any atom is -0.485 e. The normalized spacial score (nSPS) is 16.5. The summed E-state index contributed by atoms with van der Waals surface area (Å²) in [5.74, 6) is 0.860. The van der Waals surface area contributed by atoms with Crippen molar-refractivity contribution in [3.8, 4) is 11.5 Å². The van der Waals surface area contributed by atoms with Gasteiger partial charge >= 0.3 is 0 Å². The lowest BCUT2D eigenvalue weighted by Crippen LogP contribution is -2.42. The zero-order valence-corrected chi connectivity index (χ0v) is 13.1. The fourth-order valence-corrected chi connectivity index (χ4v) is 2.20. The van der Waals surface area contributed by atoms with Gasteiger partial charge in [-0.1, -0.05) is 40.2 Å². The number of hydrazone groups is 1. The van der Waals surface area contributed by atoms with Crippen LogP contribution < -0.4 is 14.9 Å². The number of carbonyl (C=O) groups excluding carboxylic acids is 1. The van der Waals surface area contributed by atoms with Crippen molar-refractivity contribution < 1.29 is 14.3 Å². The van der Waals surface area contributed by atoms with Gasteiger partial charge in [0.2, 0.25) is 6.10 Å². The van der Waals surface area contributed by atoms with Gasteiger partial charge in [-0.05, 0) is 29.8 Å². The summed E-state index contributed by atoms with van der Waals surface area (Å²) in [4.78, 5) is 12.0. The highest BCUT2D eigenvalue weighted by atomic mass is 79.9. The smallest absolute Gasteiger partial charge is 0.284 e. The topological polar surface area (TPSA) is 59.9 Å². The highest BCUT2D eigenvalue weighted by Gasteiger charge is 2.26. The van der Waals surface area contributed by atoms with Crippen LogP contribution in [0.25, 0.3) is 0 Å². The Morgan fingerprint density at radius 1 is 1.18 bits per heavy atom. The van der Waals surface area contributed by atoms with Gasteiger partial charge in [0.25, 0.3) is 5.91 Å². The van der Waals surface area contributed by atoms with Gasteiger partial charge in [-0.25, -0.2) is 5.43 Å². The summed E-state index contributed by atoms with van der Waals surface area (Å²) < 4.78 is 12.1. The molecule has 2 aromatic carbocycles. The molecule has 6 heteroatoms. The Balaban J connectivity index is 1.58. The minimum absolute atomic E-state index is 0.163. The SMILES string of the molecule is O=C(N/N=C\c1ccc(Br)cc1)[C@@H]1COc2ccccc2O1. The zero-order chi connectivity index (χ0) is 15.4. The largest absolute Gasteiger partial charge is 0.485 e. The molecule has 0 radical (unpaired) electrons. The second-order valence-corrected chi connectivity index (χ2v) is 5.57. The molecule has 0 aromatic heterocycles. The van der Waals surface area contributed by atoms with E-state index in [0.717, 1.165) is 10.0 Å². The van der Waals surface area contributed by atoms with Gasteiger partial charge < -0.3 is 9.47 Å². The van der Waals surface area contributed by atoms with Crippen molar-refractivity contribution >= 4 is 28.1 Å². The molecule has 1 amide bonds. The molecule has 5 nitrogen and oxygen atoms in total. The maximum absolute atomic E-state index is 12.0. The molecule has 22 heavy (non-hydrogen) atoms. The summed E-state index contributed by atoms with van der Waals surface area (Å²) in [7, 11) is 0. The van der Waals surface area contributed by atoms with Crippen LogP contribution in [0, 0.1) is 0 Å². The lowest BCUT2D eigenvalue weighted by atomic mass is 10.2. The average Bonchev–Trinajstić information content (AvgIpc) is 2.56. The number of halogens is 1. The van der Waals surface area contributed by atoms with Gasteiger partial charge in [0.05, 0.1) is 6.21 Å². The number of ether oxygens (including phenoxy) is 2. The molecule has 2 aromatic rings. The lowest BCUT2D eigenvalue weighted by molar-refractivity contribution is -0.130. The van der Waals surface area contributed by atoms with Gasteiger partial charge in [-0.2, -0.15) is 5.10 Å². The second kappa shape index (κ2) is 6.62. The molecule has 0 saturated carbocycles. The van der Waals surface area contributed by atoms with Crippen molar-refractivity contribution in [2.75, 3.05) is 6.61 Å². The van der Waals surface area contributed by atoms with E-state index < -0.39 is 6.10 Å². The Labute approximate surface area is 136 Å². The van der Waals surface area contributed by atoms with E-state index >= 15 is 0 Å². The van der Waals surface area contributed by atoms with Crippen molar-refractivity contribution in [1.29, 1.82) is 0 Å². The van der Waals surface area contributed by atoms with Gasteiger partial charge in [-0.15, -0.1) is 0 Å². The van der Waals surface area contributed by atoms with E-state index in [1.807, 2.05) is 36.4 Å². The third kappa shape index (κ3) is 3.46. The molecule has 0 aliphatic carbocycles. The number of rotatable bonds is 3. The van der Waals surface area contributed by atoms with E-state index in [2.05, 4.69) is 26.5 Å². The number of nitrogens with one attached hydrogen (secondary N) is 1. The summed E-state index contributed by atoms with van der Waals surface area (Å²) in [6.07, 6.45) is 0.860. The maximum atomic E-state index is 12.0. The monoisotopic (exact) mass is 360 g/mol. The van der Waals surface area contributed by atoms with Crippen LogP contribution in [0.3, 0.4) is 0 Å². The zero-order valence-electron chi connectivity index (χ0n) is 11.5. The number of nitrogens with zero attached hydrogens (tertiary/aromatic N) is 1. The van der Waals surface area contributed by atoms with E-state index in [1.54, 1.807) is 18.3 Å². The summed E-state index contributed by atoms with van der Waals surface area (Å²) in [5, 5.41) is 3.93. The second-order valence-electron chi connectivity index (χ2n) is 4.65. The van der Waals surface area contributed by atoms with Gasteiger partial charge in [-0.3, -0.25) is 4.79 Å². The first-order valence-electron chi connectivity index (χ1n) is 6.69. The van der Waals surface area contributed by atoms with Crippen LogP contribution in [-0.2, 0) is 4.79 Å². The summed E-state index contributed by atoms with van der Waals surface area (Å²) in [6.45, 7) is 0.163. The molecule has 1 atom stereocenters. The van der Waals surface area contributed by atoms with E-state index in [0.29, 0.717) is 11.5 Å². The van der Waals surface area contributed by atoms with Gasteiger partial charge in [0.15, 0.2) is 11.5 Å². The van der Waals surface area contributed by atoms with Crippen molar-refractivity contribution in [2.24, 2.45) is 5.10 Å². The number of hydrogen-bond acceptors (Lipinski definition) is 4. The Hall–Kier alpha value is -2.34. The van der Waals surface area contributed by atoms with Crippen LogP contribution in [-0.4, -0.2) is 24.8 Å². The average molecular weight is 361 g/mol. The Kier molecular flexibility index (Phi) is 4.39. The number of amides is 1. The Bertz CT molecular complexity index is 701. The Morgan fingerprint density at radius 2 is 1.91 bits per heavy atom. The number of benzene rings is 2. The van der Waals surface area contributed by atoms with Crippen molar-refractivity contribution in [3.05, 3.63) is 58.6 Å². The molecule has 1 N–H and O–H groups in total. The van der Waals surface area contributed by atoms with E-state index in [-0.39, 0.29) is 12.5 Å². The minimum atomic E-state index is -0.711. The lowest BCUT2D eigenvalue weighted by Gasteiger charge is -2.24. The molecule has 0 saturated heterocycles. The maximum Gasteiger partial charge on any atom is 0.284 e. The summed E-state index contributed by atoms with van der Waals surface area (Å²) in [6, 6.07) is 14.8. The van der Waals surface area contributed by atoms with E-state index in [1.165, 1.54) is 0 Å². The third-order valence-corrected chi connectivity index (χ3v) is 3.59. The molecule has 1 aliphatic heterocycles. The Morgan fingerprint density at radius 3 is 2.68 bits per heavy atom. The van der Waals surface area contributed by atoms with Crippen LogP contribution in [0.2, 0.25) is 0 Å². The predicted octanol–water partition coefficient (Wildman–Crippen LogP) is 2.74. The molecule has 0 bridgehead atoms. The predicted molar refractivity (Wildman–Crippen MR) is 86.2 cm³/mol. The number of fused-ring (bicyclic) bond motifs is 1. The number of carbonyl (C=O) groups is 1.